The van der Waals surface area contributed by atoms with E-state index in [4.69, 9.17) is 5.84 Å². The maximum absolute atomic E-state index is 13.5. The van der Waals surface area contributed by atoms with Gasteiger partial charge in [-0.1, -0.05) is 6.07 Å². The molecule has 0 aliphatic rings. The molecule has 0 aliphatic carbocycles. The van der Waals surface area contributed by atoms with Crippen molar-refractivity contribution in [3.05, 3.63) is 29.6 Å². The average molecular weight is 255 g/mol. The van der Waals surface area contributed by atoms with Crippen LogP contribution in [0.15, 0.2) is 18.2 Å². The normalized spacial score (nSPS) is 11.2. The Balaban J connectivity index is 3.16. The molecule has 0 aromatic heterocycles. The van der Waals surface area contributed by atoms with Gasteiger partial charge in [0.2, 0.25) is 0 Å². The second-order valence-electron chi connectivity index (χ2n) is 4.64. The van der Waals surface area contributed by atoms with Gasteiger partial charge in [-0.05, 0) is 26.0 Å². The summed E-state index contributed by atoms with van der Waals surface area (Å²) in [4.78, 5) is 13.6. The van der Waals surface area contributed by atoms with Gasteiger partial charge in [-0.25, -0.2) is 4.39 Å². The molecule has 1 rings (SSSR count). The van der Waals surface area contributed by atoms with Crippen molar-refractivity contribution < 1.29 is 14.3 Å². The van der Waals surface area contributed by atoms with E-state index in [-0.39, 0.29) is 17.9 Å². The Labute approximate surface area is 105 Å². The lowest BCUT2D eigenvalue weighted by atomic mass is 10.0. The van der Waals surface area contributed by atoms with Gasteiger partial charge in [0.25, 0.3) is 5.91 Å². The number of carbonyl (C=O) groups excluding carboxylic acids is 1. The molecule has 1 aromatic carbocycles. The monoisotopic (exact) mass is 255 g/mol. The van der Waals surface area contributed by atoms with Crippen molar-refractivity contribution in [1.82, 2.24) is 4.90 Å². The molecule has 0 bridgehead atoms. The average Bonchev–Trinajstić information content (AvgIpc) is 2.36. The smallest absolute Gasteiger partial charge is 0.256 e. The maximum atomic E-state index is 13.5. The Morgan fingerprint density at radius 1 is 1.56 bits per heavy atom. The van der Waals surface area contributed by atoms with Crippen molar-refractivity contribution in [3.8, 4) is 0 Å². The van der Waals surface area contributed by atoms with E-state index in [1.54, 1.807) is 20.9 Å². The minimum absolute atomic E-state index is 0.0527. The summed E-state index contributed by atoms with van der Waals surface area (Å²) < 4.78 is 13.5. The van der Waals surface area contributed by atoms with Crippen LogP contribution in [0.25, 0.3) is 0 Å². The summed E-state index contributed by atoms with van der Waals surface area (Å²) in [5.74, 6) is 4.21. The number of rotatable bonds is 4. The number of nitrogens with two attached hydrogens (primary N) is 1. The van der Waals surface area contributed by atoms with E-state index in [1.807, 2.05) is 0 Å². The zero-order chi connectivity index (χ0) is 13.9. The molecule has 0 unspecified atom stereocenters. The number of benzene rings is 1. The lowest BCUT2D eigenvalue weighted by Gasteiger charge is -2.34. The number of nitrogens with zero attached hydrogens (tertiary/aromatic N) is 1. The molecule has 0 radical (unpaired) electrons. The zero-order valence-corrected chi connectivity index (χ0v) is 10.7. The van der Waals surface area contributed by atoms with E-state index in [1.165, 1.54) is 23.1 Å². The number of anilines is 1. The van der Waals surface area contributed by atoms with E-state index < -0.39 is 17.3 Å². The van der Waals surface area contributed by atoms with Crippen LogP contribution in [0, 0.1) is 5.82 Å². The first kappa shape index (κ1) is 14.4. The van der Waals surface area contributed by atoms with Crippen LogP contribution in [0.5, 0.6) is 0 Å². The van der Waals surface area contributed by atoms with Crippen LogP contribution in [0.1, 0.15) is 24.2 Å². The van der Waals surface area contributed by atoms with Crippen molar-refractivity contribution in [3.63, 3.8) is 0 Å². The van der Waals surface area contributed by atoms with Crippen LogP contribution in [-0.2, 0) is 0 Å². The van der Waals surface area contributed by atoms with E-state index in [9.17, 15) is 14.3 Å². The highest BCUT2D eigenvalue weighted by Crippen LogP contribution is 2.23. The van der Waals surface area contributed by atoms with Crippen molar-refractivity contribution in [2.75, 3.05) is 19.1 Å². The Kier molecular flexibility index (Phi) is 4.26. The molecule has 0 saturated heterocycles. The number of aliphatic hydroxyl groups excluding tert-OH is 1. The zero-order valence-electron chi connectivity index (χ0n) is 10.7. The van der Waals surface area contributed by atoms with Crippen LogP contribution in [0.4, 0.5) is 10.1 Å². The summed E-state index contributed by atoms with van der Waals surface area (Å²) >= 11 is 0. The second-order valence-corrected chi connectivity index (χ2v) is 4.64. The molecule has 1 aromatic rings. The maximum Gasteiger partial charge on any atom is 0.256 e. The fourth-order valence-corrected chi connectivity index (χ4v) is 1.41. The van der Waals surface area contributed by atoms with Gasteiger partial charge in [-0.3, -0.25) is 10.6 Å². The molecule has 0 heterocycles. The number of carbonyl (C=O) groups is 1. The van der Waals surface area contributed by atoms with E-state index in [0.29, 0.717) is 0 Å². The fraction of sp³-hybridized carbons (Fsp3) is 0.417. The molecule has 6 heteroatoms. The van der Waals surface area contributed by atoms with Gasteiger partial charge >= 0.3 is 0 Å². The number of aliphatic hydroxyl groups is 1. The van der Waals surface area contributed by atoms with Gasteiger partial charge in [-0.15, -0.1) is 0 Å². The van der Waals surface area contributed by atoms with Crippen molar-refractivity contribution in [2.45, 2.75) is 19.4 Å². The first-order chi connectivity index (χ1) is 8.35. The summed E-state index contributed by atoms with van der Waals surface area (Å²) in [7, 11) is 1.55. The third-order valence-corrected chi connectivity index (χ3v) is 2.99. The third-order valence-electron chi connectivity index (χ3n) is 2.99. The third kappa shape index (κ3) is 2.60. The van der Waals surface area contributed by atoms with Gasteiger partial charge in [-0.2, -0.15) is 0 Å². The number of likely N-dealkylation sites (N-methyl/N-ethyl adjacent to an activating group) is 1. The standard InChI is InChI=1S/C12H18FN3O2/c1-12(2,7-17)16(3)11(18)8-5-4-6-9(13)10(8)15-14/h4-6,15,17H,7,14H2,1-3H3. The van der Waals surface area contributed by atoms with Crippen molar-refractivity contribution in [1.29, 1.82) is 0 Å². The largest absolute Gasteiger partial charge is 0.394 e. The van der Waals surface area contributed by atoms with Crippen LogP contribution in [-0.4, -0.2) is 35.1 Å². The molecule has 0 fully saturated rings. The molecule has 0 atom stereocenters. The Morgan fingerprint density at radius 2 is 2.17 bits per heavy atom. The number of hydrogen-bond acceptors (Lipinski definition) is 4. The topological polar surface area (TPSA) is 78.6 Å². The second kappa shape index (κ2) is 5.32. The number of amides is 1. The van der Waals surface area contributed by atoms with Crippen molar-refractivity contribution >= 4 is 11.6 Å². The van der Waals surface area contributed by atoms with Gasteiger partial charge in [0.05, 0.1) is 23.4 Å². The molecule has 5 nitrogen and oxygen atoms in total. The lowest BCUT2D eigenvalue weighted by molar-refractivity contribution is 0.0473. The summed E-state index contributed by atoms with van der Waals surface area (Å²) in [5.41, 5.74) is 1.52. The lowest BCUT2D eigenvalue weighted by Crippen LogP contribution is -2.47. The van der Waals surface area contributed by atoms with E-state index in [2.05, 4.69) is 5.43 Å². The minimum atomic E-state index is -0.741. The quantitative estimate of drug-likeness (QED) is 0.553. The highest BCUT2D eigenvalue weighted by Gasteiger charge is 2.29. The SMILES string of the molecule is CN(C(=O)c1cccc(F)c1NN)C(C)(C)CO. The van der Waals surface area contributed by atoms with Crippen LogP contribution >= 0.6 is 0 Å². The summed E-state index contributed by atoms with van der Waals surface area (Å²) in [6, 6.07) is 4.12. The number of nitrogens with one attached hydrogen (secondary N) is 1. The fourth-order valence-electron chi connectivity index (χ4n) is 1.41. The Morgan fingerprint density at radius 3 is 2.67 bits per heavy atom. The molecular weight excluding hydrogens is 237 g/mol. The highest BCUT2D eigenvalue weighted by atomic mass is 19.1. The van der Waals surface area contributed by atoms with Crippen LogP contribution in [0.2, 0.25) is 0 Å². The number of halogens is 1. The van der Waals surface area contributed by atoms with Gasteiger partial charge < -0.3 is 15.4 Å². The van der Waals surface area contributed by atoms with Crippen molar-refractivity contribution in [2.24, 2.45) is 5.84 Å². The number of nitrogen functional groups attached to an aromatic ring is 1. The van der Waals surface area contributed by atoms with E-state index in [0.717, 1.165) is 0 Å². The summed E-state index contributed by atoms with van der Waals surface area (Å²) in [6.45, 7) is 3.22. The van der Waals surface area contributed by atoms with Crippen LogP contribution in [0.3, 0.4) is 0 Å². The highest BCUT2D eigenvalue weighted by molar-refractivity contribution is 5.99. The molecule has 0 aliphatic heterocycles. The minimum Gasteiger partial charge on any atom is -0.394 e. The molecule has 0 saturated carbocycles. The molecular formula is C12H18FN3O2. The molecule has 100 valence electrons. The van der Waals surface area contributed by atoms with Gasteiger partial charge in [0, 0.05) is 7.05 Å². The Hall–Kier alpha value is -1.66. The van der Waals surface area contributed by atoms with Crippen LogP contribution < -0.4 is 11.3 Å². The number of hydrogen-bond donors (Lipinski definition) is 3. The molecule has 0 spiro atoms. The molecule has 18 heavy (non-hydrogen) atoms. The number of para-hydroxylation sites is 1. The predicted molar refractivity (Wildman–Crippen MR) is 67.5 cm³/mol. The number of hydrazine groups is 1. The first-order valence-electron chi connectivity index (χ1n) is 5.49. The van der Waals surface area contributed by atoms with Gasteiger partial charge in [0.15, 0.2) is 0 Å². The summed E-state index contributed by atoms with van der Waals surface area (Å²) in [6.07, 6.45) is 0. The first-order valence-corrected chi connectivity index (χ1v) is 5.49. The predicted octanol–water partition coefficient (Wildman–Crippen LogP) is 0.954. The molecule has 1 amide bonds. The van der Waals surface area contributed by atoms with Gasteiger partial charge in [0.1, 0.15) is 5.82 Å². The molecule has 4 N–H and O–H groups in total. The van der Waals surface area contributed by atoms with E-state index >= 15 is 0 Å². The summed E-state index contributed by atoms with van der Waals surface area (Å²) in [5, 5.41) is 9.23. The Bertz CT molecular complexity index is 449.